The number of hydrogen-bond acceptors (Lipinski definition) is 4. The zero-order valence-electron chi connectivity index (χ0n) is 19.9. The Morgan fingerprint density at radius 1 is 1.07 bits per heavy atom. The summed E-state index contributed by atoms with van der Waals surface area (Å²) < 4.78 is 0. The van der Waals surface area contributed by atoms with Crippen LogP contribution in [0.15, 0.2) is 11.6 Å². The van der Waals surface area contributed by atoms with Crippen LogP contribution in [0, 0.1) is 11.8 Å². The molecule has 2 amide bonds. The van der Waals surface area contributed by atoms with Crippen LogP contribution in [0.4, 0.5) is 0 Å². The molecular formula is C23H41N3O4. The number of likely N-dealkylation sites (N-methyl/N-ethyl adjacent to an activating group) is 1. The van der Waals surface area contributed by atoms with Crippen LogP contribution in [0.1, 0.15) is 67.7 Å². The summed E-state index contributed by atoms with van der Waals surface area (Å²) in [4.78, 5) is 41.5. The number of carbonyl (C=O) groups excluding carboxylic acids is 2. The molecular weight excluding hydrogens is 382 g/mol. The van der Waals surface area contributed by atoms with E-state index in [2.05, 4.69) is 24.1 Å². The Morgan fingerprint density at radius 2 is 1.67 bits per heavy atom. The fourth-order valence-corrected chi connectivity index (χ4v) is 4.06. The number of nitrogens with zero attached hydrogens (tertiary/aromatic N) is 2. The van der Waals surface area contributed by atoms with Gasteiger partial charge in [-0.25, -0.2) is 4.79 Å². The highest BCUT2D eigenvalue weighted by Gasteiger charge is 2.35. The molecule has 0 unspecified atom stereocenters. The van der Waals surface area contributed by atoms with Crippen molar-refractivity contribution in [3.05, 3.63) is 11.6 Å². The van der Waals surface area contributed by atoms with Gasteiger partial charge < -0.3 is 15.3 Å². The average Bonchev–Trinajstić information content (AvgIpc) is 2.67. The van der Waals surface area contributed by atoms with E-state index in [4.69, 9.17) is 0 Å². The summed E-state index contributed by atoms with van der Waals surface area (Å²) in [6, 6.07) is -0.966. The van der Waals surface area contributed by atoms with Gasteiger partial charge in [-0.15, -0.1) is 0 Å². The summed E-state index contributed by atoms with van der Waals surface area (Å²) in [5.41, 5.74) is 0.202. The van der Waals surface area contributed by atoms with Crippen LogP contribution in [0.5, 0.6) is 0 Å². The first-order chi connectivity index (χ1) is 13.9. The van der Waals surface area contributed by atoms with Crippen LogP contribution in [-0.2, 0) is 14.4 Å². The molecule has 0 spiro atoms. The van der Waals surface area contributed by atoms with E-state index in [-0.39, 0.29) is 47.3 Å². The predicted molar refractivity (Wildman–Crippen MR) is 119 cm³/mol. The highest BCUT2D eigenvalue weighted by molar-refractivity contribution is 5.90. The third-order valence-electron chi connectivity index (χ3n) is 5.98. The van der Waals surface area contributed by atoms with Gasteiger partial charge in [0, 0.05) is 18.7 Å². The maximum atomic E-state index is 13.3. The molecule has 1 aliphatic rings. The quantitative estimate of drug-likeness (QED) is 0.557. The lowest BCUT2D eigenvalue weighted by molar-refractivity contribution is -0.140. The minimum atomic E-state index is -0.999. The molecule has 0 radical (unpaired) electrons. The van der Waals surface area contributed by atoms with Gasteiger partial charge in [0.1, 0.15) is 6.04 Å². The molecule has 172 valence electrons. The molecule has 1 aliphatic heterocycles. The molecule has 0 aromatic rings. The van der Waals surface area contributed by atoms with Gasteiger partial charge in [-0.05, 0) is 52.0 Å². The smallest absolute Gasteiger partial charge is 0.331 e. The lowest BCUT2D eigenvalue weighted by Gasteiger charge is -2.39. The Labute approximate surface area is 181 Å². The van der Waals surface area contributed by atoms with Crippen LogP contribution >= 0.6 is 0 Å². The summed E-state index contributed by atoms with van der Waals surface area (Å²) in [5, 5.41) is 12.2. The number of aliphatic carboxylic acids is 1. The van der Waals surface area contributed by atoms with E-state index in [1.165, 1.54) is 6.92 Å². The second-order valence-corrected chi connectivity index (χ2v) is 9.41. The molecule has 0 saturated carbocycles. The summed E-state index contributed by atoms with van der Waals surface area (Å²) in [6.45, 7) is 14.3. The topological polar surface area (TPSA) is 90.0 Å². The highest BCUT2D eigenvalue weighted by Crippen LogP contribution is 2.21. The van der Waals surface area contributed by atoms with E-state index >= 15 is 0 Å². The molecule has 0 aliphatic carbocycles. The highest BCUT2D eigenvalue weighted by atomic mass is 16.4. The molecule has 7 nitrogen and oxygen atoms in total. The van der Waals surface area contributed by atoms with Crippen molar-refractivity contribution < 1.29 is 19.5 Å². The summed E-state index contributed by atoms with van der Waals surface area (Å²) in [7, 11) is 1.68. The van der Waals surface area contributed by atoms with Gasteiger partial charge in [0.05, 0.1) is 12.1 Å². The first-order valence-corrected chi connectivity index (χ1v) is 11.1. The number of likely N-dealkylation sites (tertiary alicyclic amines) is 1. The number of carboxylic acid groups (broad SMARTS) is 1. The number of carboxylic acids is 1. The van der Waals surface area contributed by atoms with Gasteiger partial charge in [0.25, 0.3) is 0 Å². The normalized spacial score (nSPS) is 20.4. The standard InChI is InChI=1S/C23H41N3O4/c1-14(2)19(13-17(7)23(29)30)25(8)22(28)20(15(3)4)24-21(27)18-11-9-10-12-26(18)16(5)6/h13-16,18-20H,9-12H2,1-8H3,(H,24,27)(H,29,30)/b17-13+/t18-,19-,20+/m1/s1. The van der Waals surface area contributed by atoms with Gasteiger partial charge in [-0.2, -0.15) is 0 Å². The Balaban J connectivity index is 3.04. The third kappa shape index (κ3) is 6.83. The molecule has 30 heavy (non-hydrogen) atoms. The largest absolute Gasteiger partial charge is 0.478 e. The molecule has 1 fully saturated rings. The molecule has 3 atom stereocenters. The molecule has 0 aromatic heterocycles. The van der Waals surface area contributed by atoms with Crippen molar-refractivity contribution in [1.29, 1.82) is 0 Å². The lowest BCUT2D eigenvalue weighted by Crippen LogP contribution is -2.58. The minimum Gasteiger partial charge on any atom is -0.478 e. The van der Waals surface area contributed by atoms with Gasteiger partial charge >= 0.3 is 5.97 Å². The first-order valence-electron chi connectivity index (χ1n) is 11.1. The Morgan fingerprint density at radius 3 is 2.13 bits per heavy atom. The molecule has 0 aromatic carbocycles. The van der Waals surface area contributed by atoms with Gasteiger partial charge in [0.15, 0.2) is 0 Å². The average molecular weight is 424 g/mol. The van der Waals surface area contributed by atoms with E-state index in [1.807, 2.05) is 27.7 Å². The Kier molecular flexibility index (Phi) is 10.0. The monoisotopic (exact) mass is 423 g/mol. The van der Waals surface area contributed by atoms with Crippen molar-refractivity contribution in [3.8, 4) is 0 Å². The van der Waals surface area contributed by atoms with Gasteiger partial charge in [-0.3, -0.25) is 14.5 Å². The third-order valence-corrected chi connectivity index (χ3v) is 5.98. The van der Waals surface area contributed by atoms with Crippen LogP contribution in [0.3, 0.4) is 0 Å². The molecule has 0 bridgehead atoms. The van der Waals surface area contributed by atoms with E-state index < -0.39 is 12.0 Å². The van der Waals surface area contributed by atoms with Crippen molar-refractivity contribution in [1.82, 2.24) is 15.1 Å². The SMILES string of the molecule is C/C(=C\[C@H](C(C)C)N(C)C(=O)[C@@H](NC(=O)[C@H]1CCCCN1C(C)C)C(C)C)C(=O)O. The van der Waals surface area contributed by atoms with Crippen LogP contribution in [-0.4, -0.2) is 70.4 Å². The van der Waals surface area contributed by atoms with E-state index in [0.717, 1.165) is 25.8 Å². The van der Waals surface area contributed by atoms with Crippen molar-refractivity contribution in [3.63, 3.8) is 0 Å². The van der Waals surface area contributed by atoms with E-state index in [0.29, 0.717) is 0 Å². The maximum absolute atomic E-state index is 13.3. The van der Waals surface area contributed by atoms with Gasteiger partial charge in [-0.1, -0.05) is 40.2 Å². The first kappa shape index (κ1) is 26.1. The second-order valence-electron chi connectivity index (χ2n) is 9.41. The number of rotatable bonds is 9. The number of nitrogens with one attached hydrogen (secondary N) is 1. The van der Waals surface area contributed by atoms with E-state index in [9.17, 15) is 19.5 Å². The predicted octanol–water partition coefficient (Wildman–Crippen LogP) is 2.90. The maximum Gasteiger partial charge on any atom is 0.331 e. The van der Waals surface area contributed by atoms with Crippen LogP contribution in [0.2, 0.25) is 0 Å². The lowest BCUT2D eigenvalue weighted by atomic mass is 9.95. The fraction of sp³-hybridized carbons (Fsp3) is 0.783. The van der Waals surface area contributed by atoms with Crippen LogP contribution < -0.4 is 5.32 Å². The Hall–Kier alpha value is -1.89. The second kappa shape index (κ2) is 11.5. The number of piperidine rings is 1. The summed E-state index contributed by atoms with van der Waals surface area (Å²) in [5.74, 6) is -1.34. The molecule has 1 saturated heterocycles. The summed E-state index contributed by atoms with van der Waals surface area (Å²) >= 11 is 0. The number of amides is 2. The van der Waals surface area contributed by atoms with Crippen LogP contribution in [0.25, 0.3) is 0 Å². The molecule has 1 heterocycles. The Bertz CT molecular complexity index is 642. The van der Waals surface area contributed by atoms with Gasteiger partial charge in [0.2, 0.25) is 11.8 Å². The number of carbonyl (C=O) groups is 3. The zero-order chi connectivity index (χ0) is 23.2. The van der Waals surface area contributed by atoms with Crippen molar-refractivity contribution in [2.45, 2.75) is 91.9 Å². The minimum absolute atomic E-state index is 0.0338. The van der Waals surface area contributed by atoms with Crippen molar-refractivity contribution in [2.24, 2.45) is 11.8 Å². The van der Waals surface area contributed by atoms with Crippen molar-refractivity contribution >= 4 is 17.8 Å². The number of hydrogen-bond donors (Lipinski definition) is 2. The summed E-state index contributed by atoms with van der Waals surface area (Å²) in [6.07, 6.45) is 4.51. The molecule has 1 rings (SSSR count). The molecule has 2 N–H and O–H groups in total. The molecule has 7 heteroatoms. The zero-order valence-corrected chi connectivity index (χ0v) is 19.9. The fourth-order valence-electron chi connectivity index (χ4n) is 4.06. The van der Waals surface area contributed by atoms with Crippen molar-refractivity contribution in [2.75, 3.05) is 13.6 Å². The van der Waals surface area contributed by atoms with E-state index in [1.54, 1.807) is 18.0 Å².